The fourth-order valence-electron chi connectivity index (χ4n) is 1.42. The molecule has 10 heteroatoms. The maximum Gasteiger partial charge on any atom is 0.294 e. The van der Waals surface area contributed by atoms with Crippen molar-refractivity contribution in [3.8, 4) is 0 Å². The molecule has 2 aromatic rings. The van der Waals surface area contributed by atoms with E-state index in [1.54, 1.807) is 0 Å². The number of nitrogens with zero attached hydrogens (tertiary/aromatic N) is 1. The Labute approximate surface area is 102 Å². The van der Waals surface area contributed by atoms with Gasteiger partial charge in [-0.3, -0.25) is 4.55 Å². The van der Waals surface area contributed by atoms with Gasteiger partial charge in [0, 0.05) is 5.39 Å². The molecule has 0 spiro atoms. The third-order valence-corrected chi connectivity index (χ3v) is 3.68. The maximum absolute atomic E-state index is 11.0. The molecular weight excluding hydrogens is 284 g/mol. The molecule has 3 N–H and O–H groups in total. The topological polar surface area (TPSA) is 141 Å². The standard InChI is InChI=1S/C8H8N2O6S2/c9-17(11,12)4-7-6-3-5(18(13,14)15)1-2-8(6)16-10-7/h1-3H,4H2,(H2,9,11,12)(H,13,14,15). The number of fused-ring (bicyclic) bond motifs is 1. The smallest absolute Gasteiger partial charge is 0.294 e. The molecule has 0 amide bonds. The van der Waals surface area contributed by atoms with E-state index in [2.05, 4.69) is 5.16 Å². The molecule has 0 aliphatic heterocycles. The highest BCUT2D eigenvalue weighted by Gasteiger charge is 2.17. The number of nitrogens with two attached hydrogens (primary N) is 1. The Bertz CT molecular complexity index is 805. The summed E-state index contributed by atoms with van der Waals surface area (Å²) in [7, 11) is -8.20. The summed E-state index contributed by atoms with van der Waals surface area (Å²) in [6.45, 7) is 0. The number of hydrogen-bond donors (Lipinski definition) is 2. The molecule has 18 heavy (non-hydrogen) atoms. The van der Waals surface area contributed by atoms with Gasteiger partial charge in [-0.1, -0.05) is 5.16 Å². The summed E-state index contributed by atoms with van der Waals surface area (Å²) in [6, 6.07) is 3.45. The first-order valence-corrected chi connectivity index (χ1v) is 7.69. The average Bonchev–Trinajstić information content (AvgIpc) is 2.57. The van der Waals surface area contributed by atoms with Gasteiger partial charge in [0.2, 0.25) is 10.0 Å². The van der Waals surface area contributed by atoms with Crippen molar-refractivity contribution in [1.29, 1.82) is 0 Å². The van der Waals surface area contributed by atoms with E-state index in [0.29, 0.717) is 0 Å². The summed E-state index contributed by atoms with van der Waals surface area (Å²) in [5, 5.41) is 8.52. The number of aromatic nitrogens is 1. The lowest BCUT2D eigenvalue weighted by molar-refractivity contribution is 0.448. The van der Waals surface area contributed by atoms with Crippen LogP contribution in [0.3, 0.4) is 0 Å². The van der Waals surface area contributed by atoms with E-state index < -0.39 is 25.9 Å². The minimum atomic E-state index is -4.38. The SMILES string of the molecule is NS(=O)(=O)Cc1noc2ccc(S(=O)(=O)O)cc12. The minimum absolute atomic E-state index is 0.0157. The number of benzene rings is 1. The highest BCUT2D eigenvalue weighted by atomic mass is 32.2. The van der Waals surface area contributed by atoms with Gasteiger partial charge in [-0.05, 0) is 18.2 Å². The third kappa shape index (κ3) is 2.67. The molecule has 1 aromatic carbocycles. The van der Waals surface area contributed by atoms with Gasteiger partial charge in [-0.2, -0.15) is 8.42 Å². The molecule has 0 saturated heterocycles. The first kappa shape index (κ1) is 13.0. The van der Waals surface area contributed by atoms with Crippen LogP contribution in [0.2, 0.25) is 0 Å². The quantitative estimate of drug-likeness (QED) is 0.750. The Morgan fingerprint density at radius 1 is 1.28 bits per heavy atom. The van der Waals surface area contributed by atoms with Crippen molar-refractivity contribution in [3.05, 3.63) is 23.9 Å². The third-order valence-electron chi connectivity index (χ3n) is 2.15. The monoisotopic (exact) mass is 292 g/mol. The normalized spacial score (nSPS) is 13.0. The number of primary sulfonamides is 1. The molecule has 98 valence electrons. The molecule has 0 unspecified atom stereocenters. The summed E-state index contributed by atoms with van der Waals surface area (Å²) in [5.74, 6) is -0.588. The van der Waals surface area contributed by atoms with Crippen LogP contribution in [0.4, 0.5) is 0 Å². The minimum Gasteiger partial charge on any atom is -0.356 e. The summed E-state index contributed by atoms with van der Waals surface area (Å²) < 4.78 is 57.5. The summed E-state index contributed by atoms with van der Waals surface area (Å²) in [5.41, 5.74) is 0.180. The number of rotatable bonds is 3. The number of hydrogen-bond acceptors (Lipinski definition) is 6. The second-order valence-corrected chi connectivity index (χ2v) is 6.61. The van der Waals surface area contributed by atoms with E-state index in [4.69, 9.17) is 14.2 Å². The van der Waals surface area contributed by atoms with Crippen LogP contribution >= 0.6 is 0 Å². The fraction of sp³-hybridized carbons (Fsp3) is 0.125. The first-order chi connectivity index (χ1) is 8.17. The van der Waals surface area contributed by atoms with Crippen LogP contribution in [0.5, 0.6) is 0 Å². The lowest BCUT2D eigenvalue weighted by Gasteiger charge is -1.97. The van der Waals surface area contributed by atoms with Gasteiger partial charge in [-0.15, -0.1) is 0 Å². The van der Waals surface area contributed by atoms with E-state index in [1.807, 2.05) is 0 Å². The van der Waals surface area contributed by atoms with Crippen molar-refractivity contribution in [1.82, 2.24) is 5.16 Å². The highest BCUT2D eigenvalue weighted by Crippen LogP contribution is 2.23. The predicted molar refractivity (Wildman–Crippen MR) is 60.6 cm³/mol. The van der Waals surface area contributed by atoms with E-state index >= 15 is 0 Å². The van der Waals surface area contributed by atoms with Gasteiger partial charge in [0.25, 0.3) is 10.1 Å². The van der Waals surface area contributed by atoms with Crippen LogP contribution in [0.25, 0.3) is 11.0 Å². The second-order valence-electron chi connectivity index (χ2n) is 3.57. The average molecular weight is 292 g/mol. The molecule has 8 nitrogen and oxygen atoms in total. The Balaban J connectivity index is 2.64. The van der Waals surface area contributed by atoms with Crippen molar-refractivity contribution in [3.63, 3.8) is 0 Å². The molecule has 0 saturated carbocycles. The fourth-order valence-corrected chi connectivity index (χ4v) is 2.52. The largest absolute Gasteiger partial charge is 0.356 e. The Kier molecular flexibility index (Phi) is 2.89. The lowest BCUT2D eigenvalue weighted by atomic mass is 10.2. The highest BCUT2D eigenvalue weighted by molar-refractivity contribution is 7.88. The van der Waals surface area contributed by atoms with Crippen molar-refractivity contribution in [2.24, 2.45) is 5.14 Å². The van der Waals surface area contributed by atoms with Gasteiger partial charge >= 0.3 is 0 Å². The lowest BCUT2D eigenvalue weighted by Crippen LogP contribution is -2.14. The van der Waals surface area contributed by atoms with Crippen LogP contribution < -0.4 is 5.14 Å². The summed E-state index contributed by atoms with van der Waals surface area (Å²) >= 11 is 0. The molecule has 0 aliphatic carbocycles. The Hall–Kier alpha value is -1.49. The molecule has 0 atom stereocenters. The van der Waals surface area contributed by atoms with Crippen LogP contribution in [-0.4, -0.2) is 26.5 Å². The molecule has 1 aromatic heterocycles. The van der Waals surface area contributed by atoms with Gasteiger partial charge in [-0.25, -0.2) is 13.6 Å². The molecular formula is C8H8N2O6S2. The van der Waals surface area contributed by atoms with Gasteiger partial charge in [0.15, 0.2) is 5.58 Å². The number of sulfonamides is 1. The molecule has 0 radical (unpaired) electrons. The maximum atomic E-state index is 11.0. The van der Waals surface area contributed by atoms with Crippen molar-refractivity contribution in [2.75, 3.05) is 0 Å². The molecule has 1 heterocycles. The van der Waals surface area contributed by atoms with Gasteiger partial charge in [0.05, 0.1) is 4.90 Å². The van der Waals surface area contributed by atoms with E-state index in [9.17, 15) is 16.8 Å². The van der Waals surface area contributed by atoms with Crippen LogP contribution in [0.15, 0.2) is 27.6 Å². The van der Waals surface area contributed by atoms with E-state index in [0.717, 1.165) is 12.1 Å². The van der Waals surface area contributed by atoms with Crippen LogP contribution in [0, 0.1) is 0 Å². The molecule has 0 bridgehead atoms. The van der Waals surface area contributed by atoms with E-state index in [1.165, 1.54) is 6.07 Å². The van der Waals surface area contributed by atoms with Crippen molar-refractivity contribution >= 4 is 31.1 Å². The zero-order valence-corrected chi connectivity index (χ0v) is 10.4. The first-order valence-electron chi connectivity index (χ1n) is 4.53. The zero-order valence-electron chi connectivity index (χ0n) is 8.77. The Morgan fingerprint density at radius 2 is 1.94 bits per heavy atom. The molecule has 0 aliphatic rings. The second kappa shape index (κ2) is 4.02. The summed E-state index contributed by atoms with van der Waals surface area (Å²) in [4.78, 5) is -0.381. The van der Waals surface area contributed by atoms with Crippen LogP contribution in [-0.2, 0) is 25.9 Å². The molecule has 0 fully saturated rings. The van der Waals surface area contributed by atoms with Crippen LogP contribution in [0.1, 0.15) is 5.69 Å². The summed E-state index contributed by atoms with van der Waals surface area (Å²) in [6.07, 6.45) is 0. The van der Waals surface area contributed by atoms with Gasteiger partial charge < -0.3 is 4.52 Å². The Morgan fingerprint density at radius 3 is 2.50 bits per heavy atom. The predicted octanol–water partition coefficient (Wildman–Crippen LogP) is -0.137. The van der Waals surface area contributed by atoms with E-state index in [-0.39, 0.29) is 21.6 Å². The molecule has 2 rings (SSSR count). The van der Waals surface area contributed by atoms with Crippen molar-refractivity contribution < 1.29 is 25.9 Å². The van der Waals surface area contributed by atoms with Crippen molar-refractivity contribution in [2.45, 2.75) is 10.6 Å². The van der Waals surface area contributed by atoms with Gasteiger partial charge in [0.1, 0.15) is 11.4 Å². The zero-order chi connectivity index (χ0) is 13.6.